The fraction of sp³-hybridized carbons (Fsp3) is 0.409. The second kappa shape index (κ2) is 8.99. The van der Waals surface area contributed by atoms with Gasteiger partial charge < -0.3 is 4.90 Å². The number of carbonyl (C=O) groups excluding carboxylic acids is 1. The number of carbonyl (C=O) groups is 1. The highest BCUT2D eigenvalue weighted by atomic mass is 32.2. The summed E-state index contributed by atoms with van der Waals surface area (Å²) in [5.41, 5.74) is 1.48. The lowest BCUT2D eigenvalue weighted by Gasteiger charge is -2.26. The highest BCUT2D eigenvalue weighted by molar-refractivity contribution is 7.99. The second-order valence-electron chi connectivity index (χ2n) is 7.86. The first-order valence-corrected chi connectivity index (χ1v) is 14.0. The monoisotopic (exact) mass is 491 g/mol. The van der Waals surface area contributed by atoms with Crippen LogP contribution < -0.4 is 5.56 Å². The summed E-state index contributed by atoms with van der Waals surface area (Å²) in [4.78, 5) is 34.6. The molecule has 1 aliphatic rings. The number of benzene rings is 1. The smallest absolute Gasteiger partial charge is 0.267 e. The molecule has 170 valence electrons. The molecule has 1 saturated heterocycles. The van der Waals surface area contributed by atoms with Gasteiger partial charge in [-0.3, -0.25) is 14.2 Å². The first-order valence-electron chi connectivity index (χ1n) is 10.4. The van der Waals surface area contributed by atoms with Crippen LogP contribution in [0.2, 0.25) is 0 Å². The number of thioether (sulfide) groups is 1. The van der Waals surface area contributed by atoms with Gasteiger partial charge in [-0.15, -0.1) is 11.3 Å². The molecule has 4 rings (SSSR count). The highest BCUT2D eigenvalue weighted by Gasteiger charge is 2.34. The van der Waals surface area contributed by atoms with Crippen LogP contribution in [0, 0.1) is 13.8 Å². The standard InChI is InChI=1S/C22H25N3O4S3/c1-4-24(17-10-11-32(28,29)13-17)18(26)12-30-22-23-20-19(14(2)15(3)31-20)21(27)25(22)16-8-6-5-7-9-16/h5-9,17H,4,10-13H2,1-3H3/t17-/m1/s1. The van der Waals surface area contributed by atoms with Crippen molar-refractivity contribution in [3.8, 4) is 5.69 Å². The molecule has 0 radical (unpaired) electrons. The number of aromatic nitrogens is 2. The predicted octanol–water partition coefficient (Wildman–Crippen LogP) is 3.19. The second-order valence-corrected chi connectivity index (χ2v) is 12.2. The third-order valence-electron chi connectivity index (χ3n) is 5.82. The normalized spacial score (nSPS) is 17.7. The third-order valence-corrected chi connectivity index (χ3v) is 9.60. The number of hydrogen-bond acceptors (Lipinski definition) is 7. The number of sulfone groups is 1. The van der Waals surface area contributed by atoms with Crippen molar-refractivity contribution in [3.05, 3.63) is 51.1 Å². The van der Waals surface area contributed by atoms with Crippen LogP contribution >= 0.6 is 23.1 Å². The van der Waals surface area contributed by atoms with Crippen LogP contribution in [0.25, 0.3) is 15.9 Å². The predicted molar refractivity (Wildman–Crippen MR) is 130 cm³/mol. The van der Waals surface area contributed by atoms with E-state index in [1.807, 2.05) is 51.1 Å². The van der Waals surface area contributed by atoms with E-state index >= 15 is 0 Å². The third kappa shape index (κ3) is 4.35. The zero-order valence-electron chi connectivity index (χ0n) is 18.2. The summed E-state index contributed by atoms with van der Waals surface area (Å²) in [6, 6.07) is 9.00. The molecule has 0 bridgehead atoms. The maximum absolute atomic E-state index is 13.5. The summed E-state index contributed by atoms with van der Waals surface area (Å²) in [6.07, 6.45) is 0.471. The molecule has 0 N–H and O–H groups in total. The average molecular weight is 492 g/mol. The molecule has 0 saturated carbocycles. The Morgan fingerprint density at radius 3 is 2.62 bits per heavy atom. The van der Waals surface area contributed by atoms with Crippen LogP contribution in [0.15, 0.2) is 40.3 Å². The van der Waals surface area contributed by atoms with Gasteiger partial charge in [0.1, 0.15) is 4.83 Å². The van der Waals surface area contributed by atoms with Crippen molar-refractivity contribution in [2.24, 2.45) is 0 Å². The van der Waals surface area contributed by atoms with Crippen LogP contribution in [-0.4, -0.2) is 58.6 Å². The molecule has 32 heavy (non-hydrogen) atoms. The Bertz CT molecular complexity index is 1330. The molecule has 0 unspecified atom stereocenters. The minimum atomic E-state index is -3.08. The number of hydrogen-bond donors (Lipinski definition) is 0. The summed E-state index contributed by atoms with van der Waals surface area (Å²) in [5.74, 6) is 0.0759. The molecular formula is C22H25N3O4S3. The van der Waals surface area contributed by atoms with Crippen LogP contribution in [-0.2, 0) is 14.6 Å². The molecular weight excluding hydrogens is 466 g/mol. The van der Waals surface area contributed by atoms with Crippen molar-refractivity contribution in [1.82, 2.24) is 14.5 Å². The number of thiophene rings is 1. The maximum Gasteiger partial charge on any atom is 0.267 e. The molecule has 1 aliphatic heterocycles. The van der Waals surface area contributed by atoms with Gasteiger partial charge in [-0.05, 0) is 44.9 Å². The number of rotatable bonds is 6. The van der Waals surface area contributed by atoms with E-state index in [0.717, 1.165) is 10.4 Å². The van der Waals surface area contributed by atoms with Gasteiger partial charge in [0.15, 0.2) is 15.0 Å². The van der Waals surface area contributed by atoms with E-state index in [2.05, 4.69) is 0 Å². The summed E-state index contributed by atoms with van der Waals surface area (Å²) in [7, 11) is -3.08. The maximum atomic E-state index is 13.5. The summed E-state index contributed by atoms with van der Waals surface area (Å²) < 4.78 is 25.3. The SMILES string of the molecule is CCN(C(=O)CSc1nc2sc(C)c(C)c2c(=O)n1-c1ccccc1)[C@@H]1CCS(=O)(=O)C1. The fourth-order valence-corrected chi connectivity index (χ4v) is 7.75. The van der Waals surface area contributed by atoms with Crippen molar-refractivity contribution in [2.45, 2.75) is 38.4 Å². The van der Waals surface area contributed by atoms with Crippen LogP contribution in [0.3, 0.4) is 0 Å². The first kappa shape index (κ1) is 23.0. The Labute approximate surface area is 195 Å². The van der Waals surface area contributed by atoms with E-state index in [1.165, 1.54) is 23.1 Å². The van der Waals surface area contributed by atoms with Gasteiger partial charge in [0.25, 0.3) is 5.56 Å². The Hall–Kier alpha value is -2.17. The number of nitrogens with zero attached hydrogens (tertiary/aromatic N) is 3. The van der Waals surface area contributed by atoms with Gasteiger partial charge in [0.05, 0.1) is 28.3 Å². The van der Waals surface area contributed by atoms with Gasteiger partial charge in [0.2, 0.25) is 5.91 Å². The quantitative estimate of drug-likeness (QED) is 0.389. The first-order chi connectivity index (χ1) is 15.2. The van der Waals surface area contributed by atoms with E-state index in [9.17, 15) is 18.0 Å². The van der Waals surface area contributed by atoms with E-state index in [-0.39, 0.29) is 34.8 Å². The van der Waals surface area contributed by atoms with Gasteiger partial charge in [-0.2, -0.15) is 0 Å². The average Bonchev–Trinajstić information content (AvgIpc) is 3.26. The Kier molecular flexibility index (Phi) is 6.46. The minimum Gasteiger partial charge on any atom is -0.338 e. The largest absolute Gasteiger partial charge is 0.338 e. The molecule has 1 aromatic carbocycles. The van der Waals surface area contributed by atoms with Crippen molar-refractivity contribution in [1.29, 1.82) is 0 Å². The van der Waals surface area contributed by atoms with Crippen LogP contribution in [0.1, 0.15) is 23.8 Å². The molecule has 7 nitrogen and oxygen atoms in total. The molecule has 1 amide bonds. The molecule has 1 atom stereocenters. The van der Waals surface area contributed by atoms with Crippen molar-refractivity contribution in [2.75, 3.05) is 23.8 Å². The molecule has 3 aromatic rings. The highest BCUT2D eigenvalue weighted by Crippen LogP contribution is 2.30. The van der Waals surface area contributed by atoms with Crippen LogP contribution in [0.5, 0.6) is 0 Å². The van der Waals surface area contributed by atoms with Crippen LogP contribution in [0.4, 0.5) is 0 Å². The lowest BCUT2D eigenvalue weighted by atomic mass is 10.2. The number of amides is 1. The topological polar surface area (TPSA) is 89.3 Å². The van der Waals surface area contributed by atoms with Gasteiger partial charge in [0, 0.05) is 17.5 Å². The fourth-order valence-electron chi connectivity index (χ4n) is 4.05. The zero-order valence-corrected chi connectivity index (χ0v) is 20.6. The number of fused-ring (bicyclic) bond motifs is 1. The number of aryl methyl sites for hydroxylation is 2. The lowest BCUT2D eigenvalue weighted by molar-refractivity contribution is -0.129. The Morgan fingerprint density at radius 1 is 1.28 bits per heavy atom. The van der Waals surface area contributed by atoms with Gasteiger partial charge >= 0.3 is 0 Å². The summed E-state index contributed by atoms with van der Waals surface area (Å²) in [6.45, 7) is 6.20. The van der Waals surface area contributed by atoms with Crippen molar-refractivity contribution >= 4 is 49.1 Å². The minimum absolute atomic E-state index is 0.0178. The molecule has 1 fully saturated rings. The van der Waals surface area contributed by atoms with Crippen molar-refractivity contribution < 1.29 is 13.2 Å². The number of para-hydroxylation sites is 1. The van der Waals surface area contributed by atoms with E-state index in [4.69, 9.17) is 4.98 Å². The molecule has 0 spiro atoms. The van der Waals surface area contributed by atoms with E-state index in [0.29, 0.717) is 34.0 Å². The lowest BCUT2D eigenvalue weighted by Crippen LogP contribution is -2.42. The van der Waals surface area contributed by atoms with E-state index in [1.54, 1.807) is 9.47 Å². The molecule has 0 aliphatic carbocycles. The Morgan fingerprint density at radius 2 is 2.00 bits per heavy atom. The Balaban J connectivity index is 1.68. The van der Waals surface area contributed by atoms with Gasteiger partial charge in [-0.25, -0.2) is 13.4 Å². The zero-order chi connectivity index (χ0) is 23.0. The van der Waals surface area contributed by atoms with Crippen molar-refractivity contribution in [3.63, 3.8) is 0 Å². The summed E-state index contributed by atoms with van der Waals surface area (Å²) in [5, 5.41) is 1.07. The molecule has 10 heteroatoms. The molecule has 3 heterocycles. The van der Waals surface area contributed by atoms with E-state index < -0.39 is 9.84 Å². The molecule has 2 aromatic heterocycles. The summed E-state index contributed by atoms with van der Waals surface area (Å²) >= 11 is 2.69. The van der Waals surface area contributed by atoms with Gasteiger partial charge in [-0.1, -0.05) is 30.0 Å².